The van der Waals surface area contributed by atoms with Gasteiger partial charge in [-0.2, -0.15) is 0 Å². The molecule has 1 aromatic heterocycles. The Morgan fingerprint density at radius 2 is 1.49 bits per heavy atom. The van der Waals surface area contributed by atoms with Crippen LogP contribution in [0, 0.1) is 0 Å². The van der Waals surface area contributed by atoms with Crippen molar-refractivity contribution in [1.29, 1.82) is 0 Å². The minimum absolute atomic E-state index is 0.111. The third-order valence-corrected chi connectivity index (χ3v) is 6.37. The lowest BCUT2D eigenvalue weighted by Gasteiger charge is -2.14. The van der Waals surface area contributed by atoms with Crippen molar-refractivity contribution in [3.05, 3.63) is 70.7 Å². The van der Waals surface area contributed by atoms with Crippen LogP contribution in [0.25, 0.3) is 17.2 Å². The maximum absolute atomic E-state index is 12.9. The first-order valence-electron chi connectivity index (χ1n) is 11.7. The van der Waals surface area contributed by atoms with Crippen molar-refractivity contribution < 1.29 is 32.9 Å². The molecule has 1 aliphatic rings. The summed E-state index contributed by atoms with van der Waals surface area (Å²) in [5.74, 6) is 3.41. The van der Waals surface area contributed by atoms with E-state index >= 15 is 0 Å². The van der Waals surface area contributed by atoms with Gasteiger partial charge in [-0.25, -0.2) is 0 Å². The quantitative estimate of drug-likeness (QED) is 0.397. The number of allylic oxidation sites excluding steroid dienone is 2. The highest BCUT2D eigenvalue weighted by atomic mass is 16.5. The maximum Gasteiger partial charge on any atom is 0.224 e. The van der Waals surface area contributed by atoms with Crippen LogP contribution < -0.4 is 29.0 Å². The molecule has 8 heteroatoms. The molecular formula is C29H31NO7. The van der Waals surface area contributed by atoms with Crippen molar-refractivity contribution in [3.8, 4) is 28.7 Å². The molecule has 0 radical (unpaired) electrons. The molecule has 0 bridgehead atoms. The van der Waals surface area contributed by atoms with E-state index in [9.17, 15) is 4.79 Å². The van der Waals surface area contributed by atoms with Crippen molar-refractivity contribution in [2.45, 2.75) is 19.9 Å². The monoisotopic (exact) mass is 505 g/mol. The average molecular weight is 506 g/mol. The number of nitrogens with one attached hydrogen (secondary N) is 1. The van der Waals surface area contributed by atoms with E-state index in [2.05, 4.69) is 5.32 Å². The fraction of sp³-hybridized carbons (Fsp3) is 0.276. The number of fused-ring (bicyclic) bond motifs is 1. The molecule has 194 valence electrons. The average Bonchev–Trinajstić information content (AvgIpc) is 3.53. The number of hydrogen-bond acceptors (Lipinski definition) is 7. The number of methoxy groups -OCH3 is 5. The van der Waals surface area contributed by atoms with Crippen LogP contribution in [-0.2, 0) is 11.3 Å². The van der Waals surface area contributed by atoms with Gasteiger partial charge in [0.2, 0.25) is 11.7 Å². The summed E-state index contributed by atoms with van der Waals surface area (Å²) in [7, 11) is 7.94. The third kappa shape index (κ3) is 5.14. The largest absolute Gasteiger partial charge is 0.493 e. The van der Waals surface area contributed by atoms with Gasteiger partial charge >= 0.3 is 0 Å². The second-order valence-electron chi connectivity index (χ2n) is 8.41. The normalized spacial score (nSPS) is 13.4. The Kier molecular flexibility index (Phi) is 7.77. The molecule has 1 N–H and O–H groups in total. The van der Waals surface area contributed by atoms with Crippen molar-refractivity contribution in [3.63, 3.8) is 0 Å². The first-order valence-corrected chi connectivity index (χ1v) is 11.7. The van der Waals surface area contributed by atoms with Gasteiger partial charge in [-0.3, -0.25) is 4.79 Å². The van der Waals surface area contributed by atoms with E-state index in [1.165, 1.54) is 0 Å². The van der Waals surface area contributed by atoms with Gasteiger partial charge < -0.3 is 33.4 Å². The minimum Gasteiger partial charge on any atom is -0.493 e. The number of hydrogen-bond donors (Lipinski definition) is 1. The summed E-state index contributed by atoms with van der Waals surface area (Å²) in [4.78, 5) is 12.9. The molecule has 0 fully saturated rings. The van der Waals surface area contributed by atoms with E-state index < -0.39 is 0 Å². The smallest absolute Gasteiger partial charge is 0.224 e. The highest BCUT2D eigenvalue weighted by Crippen LogP contribution is 2.48. The standard InChI is InChI=1S/C29H31NO7/c1-17-20(10-18-11-26(34-4)29(36-6)27(12-18)35-5)22-13-24(32-2)25(33-3)14-23(22)21(17)15-28(31)30-16-19-8-7-9-37-19/h7-14H,15-16H2,1-6H3,(H,30,31)/b20-10-. The Bertz CT molecular complexity index is 1330. The number of carbonyl (C=O) groups excluding carboxylic acids is 1. The minimum atomic E-state index is -0.111. The molecule has 37 heavy (non-hydrogen) atoms. The van der Waals surface area contributed by atoms with Crippen LogP contribution in [0.1, 0.15) is 35.8 Å². The Labute approximate surface area is 216 Å². The fourth-order valence-corrected chi connectivity index (χ4v) is 4.51. The molecule has 0 aliphatic heterocycles. The van der Waals surface area contributed by atoms with Crippen LogP contribution in [0.3, 0.4) is 0 Å². The predicted molar refractivity (Wildman–Crippen MR) is 141 cm³/mol. The van der Waals surface area contributed by atoms with Gasteiger partial charge in [0.15, 0.2) is 23.0 Å². The summed E-state index contributed by atoms with van der Waals surface area (Å²) in [6.45, 7) is 2.34. The molecule has 0 atom stereocenters. The topological polar surface area (TPSA) is 88.4 Å². The lowest BCUT2D eigenvalue weighted by molar-refractivity contribution is -0.120. The molecule has 2 aromatic carbocycles. The number of amides is 1. The van der Waals surface area contributed by atoms with E-state index in [0.717, 1.165) is 33.4 Å². The molecular weight excluding hydrogens is 474 g/mol. The number of rotatable bonds is 10. The van der Waals surface area contributed by atoms with Crippen LogP contribution in [0.4, 0.5) is 0 Å². The molecule has 1 heterocycles. The number of carbonyl (C=O) groups is 1. The number of furan rings is 1. The van der Waals surface area contributed by atoms with Gasteiger partial charge in [0.1, 0.15) is 5.76 Å². The van der Waals surface area contributed by atoms with Gasteiger partial charge in [0.25, 0.3) is 0 Å². The molecule has 0 unspecified atom stereocenters. The second-order valence-corrected chi connectivity index (χ2v) is 8.41. The van der Waals surface area contributed by atoms with E-state index in [1.807, 2.05) is 43.3 Å². The van der Waals surface area contributed by atoms with Gasteiger partial charge in [-0.1, -0.05) is 0 Å². The molecule has 1 amide bonds. The Hall–Kier alpha value is -4.33. The first kappa shape index (κ1) is 25.8. The molecule has 3 aromatic rings. The summed E-state index contributed by atoms with van der Waals surface area (Å²) in [6, 6.07) is 11.2. The highest BCUT2D eigenvalue weighted by molar-refractivity contribution is 6.08. The maximum atomic E-state index is 12.9. The van der Waals surface area contributed by atoms with Crippen molar-refractivity contribution in [2.75, 3.05) is 35.5 Å². The second kappa shape index (κ2) is 11.2. The van der Waals surface area contributed by atoms with Gasteiger partial charge in [-0.15, -0.1) is 0 Å². The number of benzene rings is 2. The molecule has 4 rings (SSSR count). The van der Waals surface area contributed by atoms with E-state index in [4.69, 9.17) is 28.1 Å². The van der Waals surface area contributed by atoms with Crippen molar-refractivity contribution in [1.82, 2.24) is 5.32 Å². The summed E-state index contributed by atoms with van der Waals surface area (Å²) < 4.78 is 33.0. The van der Waals surface area contributed by atoms with E-state index in [-0.39, 0.29) is 12.3 Å². The van der Waals surface area contributed by atoms with Crippen LogP contribution in [0.15, 0.2) is 52.7 Å². The number of ether oxygens (including phenoxy) is 5. The van der Waals surface area contributed by atoms with Crippen LogP contribution in [0.2, 0.25) is 0 Å². The van der Waals surface area contributed by atoms with Crippen molar-refractivity contribution >= 4 is 23.1 Å². The molecule has 0 saturated carbocycles. The SMILES string of the molecule is COc1cc2c(cc1OC)/C(=C\c1cc(OC)c(OC)c(OC)c1)C(C)=C2CC(=O)NCc1ccco1. The molecule has 0 saturated heterocycles. The van der Waals surface area contributed by atoms with Crippen LogP contribution >= 0.6 is 0 Å². The van der Waals surface area contributed by atoms with Gasteiger partial charge in [-0.05, 0) is 82.8 Å². The molecule has 8 nitrogen and oxygen atoms in total. The Morgan fingerprint density at radius 1 is 0.865 bits per heavy atom. The zero-order valence-corrected chi connectivity index (χ0v) is 21.9. The zero-order chi connectivity index (χ0) is 26.5. The lowest BCUT2D eigenvalue weighted by Crippen LogP contribution is -2.22. The third-order valence-electron chi connectivity index (χ3n) is 6.37. The predicted octanol–water partition coefficient (Wildman–Crippen LogP) is 5.36. The van der Waals surface area contributed by atoms with E-state index in [1.54, 1.807) is 47.9 Å². The highest BCUT2D eigenvalue weighted by Gasteiger charge is 2.28. The summed E-state index contributed by atoms with van der Waals surface area (Å²) in [5, 5.41) is 2.93. The summed E-state index contributed by atoms with van der Waals surface area (Å²) >= 11 is 0. The molecule has 1 aliphatic carbocycles. The van der Waals surface area contributed by atoms with E-state index in [0.29, 0.717) is 41.1 Å². The Balaban J connectivity index is 1.78. The summed E-state index contributed by atoms with van der Waals surface area (Å²) in [6.07, 6.45) is 3.82. The molecule has 0 spiro atoms. The zero-order valence-electron chi connectivity index (χ0n) is 21.9. The Morgan fingerprint density at radius 3 is 2.03 bits per heavy atom. The van der Waals surface area contributed by atoms with Gasteiger partial charge in [0, 0.05) is 0 Å². The van der Waals surface area contributed by atoms with Crippen LogP contribution in [0.5, 0.6) is 28.7 Å². The first-order chi connectivity index (χ1) is 17.9. The fourth-order valence-electron chi connectivity index (χ4n) is 4.51. The van der Waals surface area contributed by atoms with Gasteiger partial charge in [0.05, 0.1) is 54.8 Å². The lowest BCUT2D eigenvalue weighted by atomic mass is 9.99. The summed E-state index contributed by atoms with van der Waals surface area (Å²) in [5.41, 5.74) is 5.56. The van der Waals surface area contributed by atoms with Crippen molar-refractivity contribution in [2.24, 2.45) is 0 Å². The van der Waals surface area contributed by atoms with Crippen LogP contribution in [-0.4, -0.2) is 41.5 Å².